The van der Waals surface area contributed by atoms with Crippen LogP contribution in [0.1, 0.15) is 57.4 Å². The Morgan fingerprint density at radius 3 is 2.24 bits per heavy atom. The highest BCUT2D eigenvalue weighted by Crippen LogP contribution is 2.46. The van der Waals surface area contributed by atoms with E-state index >= 15 is 0 Å². The van der Waals surface area contributed by atoms with E-state index in [1.807, 2.05) is 60.7 Å². The summed E-state index contributed by atoms with van der Waals surface area (Å²) in [5, 5.41) is 15.5. The summed E-state index contributed by atoms with van der Waals surface area (Å²) in [6.07, 6.45) is 2.59. The predicted octanol–water partition coefficient (Wildman–Crippen LogP) is 5.38. The van der Waals surface area contributed by atoms with Gasteiger partial charge in [-0.2, -0.15) is 8.78 Å². The normalized spacial score (nSPS) is 25.8. The van der Waals surface area contributed by atoms with Crippen LogP contribution in [0, 0.1) is 5.92 Å². The number of halogens is 2. The summed E-state index contributed by atoms with van der Waals surface area (Å²) in [5.41, 5.74) is 10.0. The first kappa shape index (κ1) is 28.8. The molecule has 0 atom stereocenters. The Bertz CT molecular complexity index is 1380. The van der Waals surface area contributed by atoms with Gasteiger partial charge in [0.1, 0.15) is 5.82 Å². The van der Waals surface area contributed by atoms with Gasteiger partial charge in [-0.05, 0) is 79.7 Å². The Labute approximate surface area is 238 Å². The number of anilines is 1. The Morgan fingerprint density at radius 2 is 1.63 bits per heavy atom. The van der Waals surface area contributed by atoms with Crippen LogP contribution in [-0.2, 0) is 15.1 Å². The number of nitrogens with two attached hydrogens (primary N) is 1. The van der Waals surface area contributed by atoms with E-state index in [9.17, 15) is 23.5 Å². The number of hydrogen-bond donors (Lipinski definition) is 4. The summed E-state index contributed by atoms with van der Waals surface area (Å²) in [7, 11) is 0. The second-order valence-electron chi connectivity index (χ2n) is 11.8. The molecule has 5 N–H and O–H groups in total. The Kier molecular flexibility index (Phi) is 8.20. The number of carbonyl (C=O) groups excluding carboxylic acids is 2. The zero-order chi connectivity index (χ0) is 29.2. The fourth-order valence-corrected chi connectivity index (χ4v) is 6.33. The number of nitrogens with one attached hydrogen (secondary N) is 2. The van der Waals surface area contributed by atoms with Crippen LogP contribution >= 0.6 is 0 Å². The molecule has 5 rings (SSSR count). The fourth-order valence-electron chi connectivity index (χ4n) is 6.33. The molecule has 1 heterocycles. The molecule has 216 valence electrons. The maximum absolute atomic E-state index is 12.9. The number of amides is 2. The van der Waals surface area contributed by atoms with Crippen LogP contribution in [0.4, 0.5) is 14.6 Å². The molecule has 7 nitrogen and oxygen atoms in total. The highest BCUT2D eigenvalue weighted by Gasteiger charge is 2.49. The van der Waals surface area contributed by atoms with Gasteiger partial charge in [0.15, 0.2) is 0 Å². The molecule has 2 aliphatic carbocycles. The van der Waals surface area contributed by atoms with Crippen molar-refractivity contribution in [1.29, 1.82) is 0 Å². The SMILES string of the molecule is C[C@]1(O)C[C@@](N)(c2ccc(-c3cnc(NC(=O)CC4CCC(NC(=O)C(F)F)CC4)cc3-c3ccccc3)cc2)C1. The Morgan fingerprint density at radius 1 is 1.00 bits per heavy atom. The fraction of sp³-hybridized carbons (Fsp3) is 0.406. The van der Waals surface area contributed by atoms with Crippen LogP contribution in [0.15, 0.2) is 66.9 Å². The van der Waals surface area contributed by atoms with Crippen molar-refractivity contribution < 1.29 is 23.5 Å². The van der Waals surface area contributed by atoms with E-state index in [0.29, 0.717) is 50.8 Å². The molecule has 0 spiro atoms. The van der Waals surface area contributed by atoms with E-state index in [1.165, 1.54) is 0 Å². The number of hydrogen-bond acceptors (Lipinski definition) is 5. The maximum atomic E-state index is 12.9. The van der Waals surface area contributed by atoms with Crippen LogP contribution in [0.25, 0.3) is 22.3 Å². The van der Waals surface area contributed by atoms with Gasteiger partial charge in [-0.25, -0.2) is 4.98 Å². The van der Waals surface area contributed by atoms with Crippen molar-refractivity contribution in [2.24, 2.45) is 11.7 Å². The average Bonchev–Trinajstić information content (AvgIpc) is 2.93. The number of alkyl halides is 2. The zero-order valence-corrected chi connectivity index (χ0v) is 23.1. The van der Waals surface area contributed by atoms with Gasteiger partial charge in [0.25, 0.3) is 5.91 Å². The van der Waals surface area contributed by atoms with Crippen molar-refractivity contribution in [3.8, 4) is 22.3 Å². The highest BCUT2D eigenvalue weighted by atomic mass is 19.3. The van der Waals surface area contributed by atoms with E-state index in [0.717, 1.165) is 27.8 Å². The van der Waals surface area contributed by atoms with Gasteiger partial charge in [-0.15, -0.1) is 0 Å². The molecule has 0 bridgehead atoms. The van der Waals surface area contributed by atoms with Gasteiger partial charge in [-0.3, -0.25) is 9.59 Å². The molecule has 2 aliphatic rings. The van der Waals surface area contributed by atoms with Gasteiger partial charge in [-0.1, -0.05) is 54.6 Å². The van der Waals surface area contributed by atoms with E-state index in [2.05, 4.69) is 15.6 Å². The van der Waals surface area contributed by atoms with Crippen molar-refractivity contribution in [2.75, 3.05) is 5.32 Å². The minimum atomic E-state index is -3.01. The van der Waals surface area contributed by atoms with Crippen LogP contribution < -0.4 is 16.4 Å². The second-order valence-corrected chi connectivity index (χ2v) is 11.8. The zero-order valence-electron chi connectivity index (χ0n) is 23.1. The molecule has 0 radical (unpaired) electrons. The first-order valence-corrected chi connectivity index (χ1v) is 14.1. The van der Waals surface area contributed by atoms with Crippen LogP contribution in [0.3, 0.4) is 0 Å². The Balaban J connectivity index is 1.27. The lowest BCUT2D eigenvalue weighted by Crippen LogP contribution is -2.58. The average molecular weight is 563 g/mol. The third-order valence-corrected chi connectivity index (χ3v) is 8.29. The van der Waals surface area contributed by atoms with E-state index < -0.39 is 23.5 Å². The minimum absolute atomic E-state index is 0.117. The summed E-state index contributed by atoms with van der Waals surface area (Å²) in [6.45, 7) is 1.80. The van der Waals surface area contributed by atoms with Crippen molar-refractivity contribution in [3.05, 3.63) is 72.4 Å². The highest BCUT2D eigenvalue weighted by molar-refractivity contribution is 5.92. The third kappa shape index (κ3) is 6.80. The number of benzene rings is 2. The molecule has 2 saturated carbocycles. The standard InChI is InChI=1S/C32H36F2N4O3/c1-31(41)18-32(35,19-31)23-11-9-22(10-12-23)26-17-36-27(16-25(26)21-5-3-2-4-6-21)38-28(39)15-20-7-13-24(14-8-20)37-30(40)29(33)34/h2-6,9-12,16-17,20,24,29,41H,7-8,13-15,18-19,35H2,1H3,(H,37,40)(H,36,38,39)/t20?,24?,31-,32-. The third-order valence-electron chi connectivity index (χ3n) is 8.29. The van der Waals surface area contributed by atoms with Gasteiger partial charge >= 0.3 is 6.43 Å². The van der Waals surface area contributed by atoms with Crippen LogP contribution in [-0.4, -0.2) is 40.0 Å². The van der Waals surface area contributed by atoms with Crippen molar-refractivity contribution in [3.63, 3.8) is 0 Å². The molecule has 2 fully saturated rings. The molecular weight excluding hydrogens is 526 g/mol. The number of pyridine rings is 1. The molecule has 9 heteroatoms. The molecule has 41 heavy (non-hydrogen) atoms. The number of nitrogens with zero attached hydrogens (tertiary/aromatic N) is 1. The molecule has 0 saturated heterocycles. The summed E-state index contributed by atoms with van der Waals surface area (Å²) >= 11 is 0. The van der Waals surface area contributed by atoms with Crippen molar-refractivity contribution >= 4 is 17.6 Å². The monoisotopic (exact) mass is 562 g/mol. The summed E-state index contributed by atoms with van der Waals surface area (Å²) < 4.78 is 25.0. The summed E-state index contributed by atoms with van der Waals surface area (Å²) in [6, 6.07) is 19.5. The van der Waals surface area contributed by atoms with Crippen LogP contribution in [0.2, 0.25) is 0 Å². The maximum Gasteiger partial charge on any atom is 0.315 e. The van der Waals surface area contributed by atoms with Crippen LogP contribution in [0.5, 0.6) is 0 Å². The molecule has 3 aromatic rings. The number of aromatic nitrogens is 1. The summed E-state index contributed by atoms with van der Waals surface area (Å²) in [5.74, 6) is -0.823. The molecule has 1 aromatic heterocycles. The predicted molar refractivity (Wildman–Crippen MR) is 154 cm³/mol. The first-order chi connectivity index (χ1) is 19.5. The lowest BCUT2D eigenvalue weighted by molar-refractivity contribution is -0.132. The van der Waals surface area contributed by atoms with Gasteiger partial charge in [0.05, 0.1) is 5.60 Å². The molecule has 2 amide bonds. The lowest BCUT2D eigenvalue weighted by atomic mass is 9.63. The topological polar surface area (TPSA) is 117 Å². The minimum Gasteiger partial charge on any atom is -0.390 e. The quantitative estimate of drug-likeness (QED) is 0.294. The van der Waals surface area contributed by atoms with E-state index in [1.54, 1.807) is 13.1 Å². The lowest BCUT2D eigenvalue weighted by Gasteiger charge is -2.49. The van der Waals surface area contributed by atoms with E-state index in [4.69, 9.17) is 5.73 Å². The summed E-state index contributed by atoms with van der Waals surface area (Å²) in [4.78, 5) is 28.7. The van der Waals surface area contributed by atoms with Crippen molar-refractivity contribution in [1.82, 2.24) is 10.3 Å². The number of carbonyl (C=O) groups is 2. The largest absolute Gasteiger partial charge is 0.390 e. The van der Waals surface area contributed by atoms with Gasteiger partial charge in [0.2, 0.25) is 5.91 Å². The smallest absolute Gasteiger partial charge is 0.315 e. The van der Waals surface area contributed by atoms with Crippen molar-refractivity contribution in [2.45, 2.75) is 75.5 Å². The number of rotatable bonds is 8. The second kappa shape index (κ2) is 11.7. The molecule has 0 unspecified atom stereocenters. The van der Waals surface area contributed by atoms with Gasteiger partial charge < -0.3 is 21.5 Å². The van der Waals surface area contributed by atoms with E-state index in [-0.39, 0.29) is 17.9 Å². The molecular formula is C32H36F2N4O3. The molecule has 0 aliphatic heterocycles. The number of aliphatic hydroxyl groups is 1. The van der Waals surface area contributed by atoms with Gasteiger partial charge in [0, 0.05) is 29.8 Å². The molecule has 2 aromatic carbocycles. The first-order valence-electron chi connectivity index (χ1n) is 14.1. The Hall–Kier alpha value is -3.69.